The predicted octanol–water partition coefficient (Wildman–Crippen LogP) is 3.65. The van der Waals surface area contributed by atoms with E-state index in [4.69, 9.17) is 0 Å². The minimum absolute atomic E-state index is 0.565. The molecule has 15 heavy (non-hydrogen) atoms. The van der Waals surface area contributed by atoms with Crippen molar-refractivity contribution < 1.29 is 12.9 Å². The average molecular weight is 230 g/mol. The highest BCUT2D eigenvalue weighted by atomic mass is 32.2. The van der Waals surface area contributed by atoms with Crippen molar-refractivity contribution in [1.29, 1.82) is 0 Å². The maximum Gasteiger partial charge on any atom is 0.488 e. The quantitative estimate of drug-likeness (QED) is 0.628. The molecular weight excluding hydrogens is 222 g/mol. The zero-order valence-electron chi connectivity index (χ0n) is 7.71. The van der Waals surface area contributed by atoms with Crippen LogP contribution in [0.15, 0.2) is 35.4 Å². The molecule has 1 heterocycles. The number of aromatic amines is 1. The molecule has 0 aliphatic rings. The summed E-state index contributed by atoms with van der Waals surface area (Å²) >= 11 is 0.800. The van der Waals surface area contributed by atoms with E-state index in [1.165, 1.54) is 0 Å². The molecule has 80 valence electrons. The molecule has 6 heteroatoms. The number of halogens is 3. The smallest absolute Gasteiger partial charge is 0.448 e. The monoisotopic (exact) mass is 230 g/mol. The van der Waals surface area contributed by atoms with Crippen molar-refractivity contribution in [2.45, 2.75) is 5.03 Å². The summed E-state index contributed by atoms with van der Waals surface area (Å²) in [7, 11) is 0. The lowest BCUT2D eigenvalue weighted by Gasteiger charge is -2.11. The second-order valence-electron chi connectivity index (χ2n) is 3.24. The highest BCUT2D eigenvalue weighted by Crippen LogP contribution is 2.26. The van der Waals surface area contributed by atoms with Crippen LogP contribution in [0.25, 0.3) is 10.9 Å². The number of thioether (sulfide) groups is 1. The van der Waals surface area contributed by atoms with Gasteiger partial charge in [0.15, 0.2) is 0 Å². The molecule has 0 radical (unpaired) electrons. The van der Waals surface area contributed by atoms with Crippen LogP contribution in [0.5, 0.6) is 0 Å². The molecule has 0 fully saturated rings. The molecule has 2 aromatic rings. The van der Waals surface area contributed by atoms with Crippen molar-refractivity contribution in [1.82, 2.24) is 4.98 Å². The van der Waals surface area contributed by atoms with E-state index >= 15 is 0 Å². The number of para-hydroxylation sites is 1. The predicted molar refractivity (Wildman–Crippen MR) is 58.1 cm³/mol. The third-order valence-electron chi connectivity index (χ3n) is 1.93. The Morgan fingerprint density at radius 3 is 2.60 bits per heavy atom. The number of rotatable bonds is 3. The van der Waals surface area contributed by atoms with Gasteiger partial charge in [0.25, 0.3) is 0 Å². The van der Waals surface area contributed by atoms with Crippen molar-refractivity contribution in [2.75, 3.05) is 5.65 Å². The first-order valence-electron chi connectivity index (χ1n) is 4.46. The highest BCUT2D eigenvalue weighted by molar-refractivity contribution is 8.00. The van der Waals surface area contributed by atoms with E-state index < -0.39 is 12.6 Å². The van der Waals surface area contributed by atoms with Gasteiger partial charge in [-0.2, -0.15) is 0 Å². The maximum absolute atomic E-state index is 12.0. The first-order valence-corrected chi connectivity index (χ1v) is 5.45. The fourth-order valence-electron chi connectivity index (χ4n) is 1.31. The van der Waals surface area contributed by atoms with Gasteiger partial charge in [0.05, 0.1) is 5.03 Å². The van der Waals surface area contributed by atoms with Crippen molar-refractivity contribution >= 4 is 29.6 Å². The van der Waals surface area contributed by atoms with Crippen LogP contribution in [-0.4, -0.2) is 17.6 Å². The largest absolute Gasteiger partial charge is 0.488 e. The first kappa shape index (κ1) is 10.5. The Kier molecular flexibility index (Phi) is 2.69. The summed E-state index contributed by atoms with van der Waals surface area (Å²) in [5.74, 6) is 0. The number of fused-ring (bicyclic) bond motifs is 1. The summed E-state index contributed by atoms with van der Waals surface area (Å²) in [6, 6.07) is 9.16. The van der Waals surface area contributed by atoms with Gasteiger partial charge in [0, 0.05) is 10.9 Å². The molecule has 0 aliphatic carbocycles. The van der Waals surface area contributed by atoms with Crippen LogP contribution in [0.2, 0.25) is 0 Å². The number of H-pyrrole nitrogens is 1. The van der Waals surface area contributed by atoms with Gasteiger partial charge in [0.1, 0.15) is 0 Å². The SMILES string of the molecule is F[B-](F)(F)CSc1cc2ccccc2[nH]1. The van der Waals surface area contributed by atoms with Gasteiger partial charge < -0.3 is 17.9 Å². The molecule has 1 aromatic carbocycles. The molecule has 1 N–H and O–H groups in total. The third-order valence-corrected chi connectivity index (χ3v) is 3.01. The lowest BCUT2D eigenvalue weighted by Crippen LogP contribution is -2.18. The molecule has 0 atom stereocenters. The number of aromatic nitrogens is 1. The van der Waals surface area contributed by atoms with Crippen molar-refractivity contribution in [3.63, 3.8) is 0 Å². The molecule has 0 aliphatic heterocycles. The molecule has 2 rings (SSSR count). The first-order chi connectivity index (χ1) is 7.04. The van der Waals surface area contributed by atoms with Gasteiger partial charge in [-0.25, -0.2) is 0 Å². The summed E-state index contributed by atoms with van der Waals surface area (Å²) in [6.45, 7) is -4.72. The normalized spacial score (nSPS) is 12.2. The van der Waals surface area contributed by atoms with E-state index in [0.29, 0.717) is 5.03 Å². The average Bonchev–Trinajstić information content (AvgIpc) is 2.56. The van der Waals surface area contributed by atoms with Gasteiger partial charge in [-0.1, -0.05) is 18.2 Å². The van der Waals surface area contributed by atoms with E-state index in [9.17, 15) is 12.9 Å². The van der Waals surface area contributed by atoms with Gasteiger partial charge in [-0.05, 0) is 17.8 Å². The summed E-state index contributed by atoms with van der Waals surface area (Å²) in [5.41, 5.74) is 0.0713. The fraction of sp³-hybridized carbons (Fsp3) is 0.111. The highest BCUT2D eigenvalue weighted by Gasteiger charge is 2.23. The summed E-state index contributed by atoms with van der Waals surface area (Å²) < 4.78 is 36.1. The minimum Gasteiger partial charge on any atom is -0.448 e. The Hall–Kier alpha value is -1.04. The third kappa shape index (κ3) is 2.71. The van der Waals surface area contributed by atoms with Crippen LogP contribution >= 0.6 is 11.8 Å². The zero-order chi connectivity index (χ0) is 10.9. The van der Waals surface area contributed by atoms with Crippen LogP contribution in [0.1, 0.15) is 0 Å². The molecule has 0 saturated heterocycles. The van der Waals surface area contributed by atoms with Gasteiger partial charge >= 0.3 is 6.98 Å². The zero-order valence-corrected chi connectivity index (χ0v) is 8.53. The van der Waals surface area contributed by atoms with Gasteiger partial charge in [0.2, 0.25) is 0 Å². The van der Waals surface area contributed by atoms with Crippen LogP contribution in [-0.2, 0) is 0 Å². The number of hydrogen-bond acceptors (Lipinski definition) is 1. The topological polar surface area (TPSA) is 15.8 Å². The van der Waals surface area contributed by atoms with E-state index in [0.717, 1.165) is 22.7 Å². The molecule has 0 saturated carbocycles. The lowest BCUT2D eigenvalue weighted by molar-refractivity contribution is 0.485. The second-order valence-corrected chi connectivity index (χ2v) is 4.30. The molecule has 0 bridgehead atoms. The van der Waals surface area contributed by atoms with Gasteiger partial charge in [-0.3, -0.25) is 0 Å². The molecule has 0 amide bonds. The maximum atomic E-state index is 12.0. The Labute approximate surface area is 89.1 Å². The lowest BCUT2D eigenvalue weighted by atomic mass is 9.98. The van der Waals surface area contributed by atoms with Crippen molar-refractivity contribution in [3.8, 4) is 0 Å². The number of nitrogens with one attached hydrogen (secondary N) is 1. The number of benzene rings is 1. The minimum atomic E-state index is -4.72. The summed E-state index contributed by atoms with van der Waals surface area (Å²) in [6.07, 6.45) is 0. The van der Waals surface area contributed by atoms with E-state index in [1.807, 2.05) is 24.3 Å². The Morgan fingerprint density at radius 2 is 1.93 bits per heavy atom. The summed E-state index contributed by atoms with van der Waals surface area (Å²) in [4.78, 5) is 2.94. The fourth-order valence-corrected chi connectivity index (χ4v) is 2.07. The van der Waals surface area contributed by atoms with Crippen molar-refractivity contribution in [3.05, 3.63) is 30.3 Å². The van der Waals surface area contributed by atoms with Crippen LogP contribution in [0.4, 0.5) is 12.9 Å². The molecule has 0 unspecified atom stereocenters. The second kappa shape index (κ2) is 3.85. The van der Waals surface area contributed by atoms with Crippen LogP contribution in [0.3, 0.4) is 0 Å². The summed E-state index contributed by atoms with van der Waals surface area (Å²) in [5, 5.41) is 1.50. The molecule has 0 spiro atoms. The van der Waals surface area contributed by atoms with E-state index in [2.05, 4.69) is 4.98 Å². The van der Waals surface area contributed by atoms with Gasteiger partial charge in [-0.15, -0.1) is 11.8 Å². The molecular formula is C9H8BF3NS-. The Bertz CT molecular complexity index is 433. The number of hydrogen-bond donors (Lipinski definition) is 1. The van der Waals surface area contributed by atoms with Crippen LogP contribution < -0.4 is 0 Å². The molecule has 1 nitrogen and oxygen atoms in total. The molecule has 1 aromatic heterocycles. The Balaban J connectivity index is 2.16. The van der Waals surface area contributed by atoms with E-state index in [-0.39, 0.29) is 0 Å². The van der Waals surface area contributed by atoms with Crippen molar-refractivity contribution in [2.24, 2.45) is 0 Å². The standard InChI is InChI=1S/C9H8BF3NS/c11-10(12,13)6-15-9-5-7-3-1-2-4-8(7)14-9/h1-5,14H,6H2/q-1. The van der Waals surface area contributed by atoms with Crippen LogP contribution in [0, 0.1) is 0 Å². The van der Waals surface area contributed by atoms with E-state index in [1.54, 1.807) is 6.07 Å². The Morgan fingerprint density at radius 1 is 1.20 bits per heavy atom.